The van der Waals surface area contributed by atoms with Crippen LogP contribution in [0.1, 0.15) is 43.0 Å². The summed E-state index contributed by atoms with van der Waals surface area (Å²) in [5.41, 5.74) is 0.135. The molecule has 0 aliphatic carbocycles. The van der Waals surface area contributed by atoms with E-state index in [1.807, 2.05) is 0 Å². The molecule has 0 heterocycles. The van der Waals surface area contributed by atoms with Crippen LogP contribution in [0.5, 0.6) is 5.75 Å². The molecule has 0 spiro atoms. The van der Waals surface area contributed by atoms with E-state index in [1.165, 1.54) is 6.07 Å². The number of carbonyl (C=O) groups is 2. The number of unbranched alkanes of at least 4 members (excludes halogenated alkanes) is 2. The summed E-state index contributed by atoms with van der Waals surface area (Å²) in [6.07, 6.45) is 2.72. The molecule has 0 bridgehead atoms. The van der Waals surface area contributed by atoms with Crippen molar-refractivity contribution in [1.29, 1.82) is 0 Å². The Morgan fingerprint density at radius 3 is 2.67 bits per heavy atom. The third kappa shape index (κ3) is 6.16. The van der Waals surface area contributed by atoms with E-state index in [1.54, 1.807) is 19.1 Å². The van der Waals surface area contributed by atoms with Crippen LogP contribution in [0.25, 0.3) is 0 Å². The fourth-order valence-corrected chi connectivity index (χ4v) is 2.26. The Bertz CT molecular complexity index is 487. The minimum atomic E-state index is -1.02. The van der Waals surface area contributed by atoms with Crippen molar-refractivity contribution in [2.45, 2.75) is 32.6 Å². The van der Waals surface area contributed by atoms with Crippen molar-refractivity contribution >= 4 is 27.9 Å². The summed E-state index contributed by atoms with van der Waals surface area (Å²) in [5.74, 6) is -0.860. The molecule has 0 aliphatic rings. The highest BCUT2D eigenvalue weighted by molar-refractivity contribution is 9.10. The number of ether oxygens (including phenoxy) is 2. The van der Waals surface area contributed by atoms with E-state index in [4.69, 9.17) is 14.6 Å². The van der Waals surface area contributed by atoms with Crippen molar-refractivity contribution in [3.05, 3.63) is 28.2 Å². The first-order valence-corrected chi connectivity index (χ1v) is 7.65. The minimum Gasteiger partial charge on any atom is -0.491 e. The summed E-state index contributed by atoms with van der Waals surface area (Å²) in [6, 6.07) is 4.89. The number of aromatic carboxylic acids is 1. The first-order valence-electron chi connectivity index (χ1n) is 6.86. The van der Waals surface area contributed by atoms with Crippen molar-refractivity contribution in [2.75, 3.05) is 13.2 Å². The molecule has 21 heavy (non-hydrogen) atoms. The van der Waals surface area contributed by atoms with Crippen LogP contribution in [0.3, 0.4) is 0 Å². The molecule has 1 aromatic carbocycles. The van der Waals surface area contributed by atoms with Gasteiger partial charge in [-0.2, -0.15) is 0 Å². The van der Waals surface area contributed by atoms with Gasteiger partial charge in [-0.15, -0.1) is 0 Å². The first-order chi connectivity index (χ1) is 10.1. The van der Waals surface area contributed by atoms with Crippen molar-refractivity contribution in [3.8, 4) is 5.75 Å². The maximum absolute atomic E-state index is 11.1. The molecule has 116 valence electrons. The first kappa shape index (κ1) is 17.5. The largest absolute Gasteiger partial charge is 0.491 e. The predicted octanol–water partition coefficient (Wildman–Crippen LogP) is 3.65. The van der Waals surface area contributed by atoms with Gasteiger partial charge in [0.1, 0.15) is 11.3 Å². The van der Waals surface area contributed by atoms with Crippen molar-refractivity contribution in [2.24, 2.45) is 0 Å². The molecule has 0 aromatic heterocycles. The average Bonchev–Trinajstić information content (AvgIpc) is 2.44. The number of benzene rings is 1. The molecule has 0 saturated carbocycles. The second-order valence-corrected chi connectivity index (χ2v) is 5.24. The highest BCUT2D eigenvalue weighted by atomic mass is 79.9. The molecule has 1 aromatic rings. The Balaban J connectivity index is 2.33. The van der Waals surface area contributed by atoms with E-state index in [-0.39, 0.29) is 11.5 Å². The van der Waals surface area contributed by atoms with Crippen LogP contribution >= 0.6 is 15.9 Å². The standard InChI is InChI=1S/C15H19BrO5/c1-2-20-13(17)9-4-3-5-10-21-14-11(15(18)19)7-6-8-12(14)16/h6-8H,2-5,9-10H2,1H3,(H,18,19). The number of carbonyl (C=O) groups excluding carboxylic acids is 1. The molecule has 1 rings (SSSR count). The van der Waals surface area contributed by atoms with E-state index in [9.17, 15) is 9.59 Å². The third-order valence-electron chi connectivity index (χ3n) is 2.77. The van der Waals surface area contributed by atoms with E-state index >= 15 is 0 Å². The molecule has 0 radical (unpaired) electrons. The van der Waals surface area contributed by atoms with E-state index in [2.05, 4.69) is 15.9 Å². The van der Waals surface area contributed by atoms with E-state index < -0.39 is 5.97 Å². The van der Waals surface area contributed by atoms with Gasteiger partial charge < -0.3 is 14.6 Å². The van der Waals surface area contributed by atoms with Gasteiger partial charge >= 0.3 is 11.9 Å². The van der Waals surface area contributed by atoms with E-state index in [0.29, 0.717) is 29.9 Å². The third-order valence-corrected chi connectivity index (χ3v) is 3.40. The molecule has 0 atom stereocenters. The number of hydrogen-bond donors (Lipinski definition) is 1. The molecule has 1 N–H and O–H groups in total. The maximum atomic E-state index is 11.1. The van der Waals surface area contributed by atoms with Crippen molar-refractivity contribution in [1.82, 2.24) is 0 Å². The summed E-state index contributed by atoms with van der Waals surface area (Å²) < 4.78 is 11.0. The maximum Gasteiger partial charge on any atom is 0.339 e. The summed E-state index contributed by atoms with van der Waals surface area (Å²) >= 11 is 3.29. The number of esters is 1. The van der Waals surface area contributed by atoms with Crippen LogP contribution in [0.15, 0.2) is 22.7 Å². The Kier molecular flexibility index (Phi) is 7.82. The van der Waals surface area contributed by atoms with Crippen LogP contribution in [0.4, 0.5) is 0 Å². The lowest BCUT2D eigenvalue weighted by Crippen LogP contribution is -2.06. The summed E-state index contributed by atoms with van der Waals surface area (Å²) in [7, 11) is 0. The predicted molar refractivity (Wildman–Crippen MR) is 81.7 cm³/mol. The lowest BCUT2D eigenvalue weighted by atomic mass is 10.2. The zero-order valence-corrected chi connectivity index (χ0v) is 13.5. The van der Waals surface area contributed by atoms with Gasteiger partial charge in [0.2, 0.25) is 0 Å². The fourth-order valence-electron chi connectivity index (χ4n) is 1.78. The van der Waals surface area contributed by atoms with Crippen LogP contribution in [0.2, 0.25) is 0 Å². The van der Waals surface area contributed by atoms with Crippen molar-refractivity contribution in [3.63, 3.8) is 0 Å². The van der Waals surface area contributed by atoms with Gasteiger partial charge in [0.15, 0.2) is 0 Å². The van der Waals surface area contributed by atoms with Crippen LogP contribution in [-0.4, -0.2) is 30.3 Å². The summed E-state index contributed by atoms with van der Waals surface area (Å²) in [6.45, 7) is 2.59. The van der Waals surface area contributed by atoms with Gasteiger partial charge in [0.05, 0.1) is 17.7 Å². The lowest BCUT2D eigenvalue weighted by molar-refractivity contribution is -0.143. The molecule has 0 aliphatic heterocycles. The number of carboxylic acids is 1. The second kappa shape index (κ2) is 9.39. The number of para-hydroxylation sites is 1. The van der Waals surface area contributed by atoms with Gasteiger partial charge in [-0.3, -0.25) is 4.79 Å². The highest BCUT2D eigenvalue weighted by Gasteiger charge is 2.13. The SMILES string of the molecule is CCOC(=O)CCCCCOc1c(Br)cccc1C(=O)O. The Labute approximate surface area is 132 Å². The molecular weight excluding hydrogens is 340 g/mol. The zero-order chi connectivity index (χ0) is 15.7. The second-order valence-electron chi connectivity index (χ2n) is 4.39. The average molecular weight is 359 g/mol. The van der Waals surface area contributed by atoms with Crippen LogP contribution in [0, 0.1) is 0 Å². The van der Waals surface area contributed by atoms with Gasteiger partial charge in [-0.25, -0.2) is 4.79 Å². The summed E-state index contributed by atoms with van der Waals surface area (Å²) in [4.78, 5) is 22.2. The molecule has 0 unspecified atom stereocenters. The van der Waals surface area contributed by atoms with Gasteiger partial charge in [0.25, 0.3) is 0 Å². The Hall–Kier alpha value is -1.56. The topological polar surface area (TPSA) is 72.8 Å². The molecule has 5 nitrogen and oxygen atoms in total. The quantitative estimate of drug-likeness (QED) is 0.538. The van der Waals surface area contributed by atoms with Crippen LogP contribution < -0.4 is 4.74 Å². The lowest BCUT2D eigenvalue weighted by Gasteiger charge is -2.10. The Morgan fingerprint density at radius 1 is 1.24 bits per heavy atom. The van der Waals surface area contributed by atoms with Crippen molar-refractivity contribution < 1.29 is 24.2 Å². The van der Waals surface area contributed by atoms with Gasteiger partial charge in [-0.05, 0) is 54.2 Å². The molecule has 0 amide bonds. The van der Waals surface area contributed by atoms with Crippen LogP contribution in [-0.2, 0) is 9.53 Å². The number of rotatable bonds is 9. The summed E-state index contributed by atoms with van der Waals surface area (Å²) in [5, 5.41) is 9.09. The molecule has 6 heteroatoms. The molecule has 0 fully saturated rings. The molecule has 0 saturated heterocycles. The number of carboxylic acid groups (broad SMARTS) is 1. The highest BCUT2D eigenvalue weighted by Crippen LogP contribution is 2.29. The minimum absolute atomic E-state index is 0.135. The van der Waals surface area contributed by atoms with Gasteiger partial charge in [-0.1, -0.05) is 6.07 Å². The number of hydrogen-bond acceptors (Lipinski definition) is 4. The molecular formula is C15H19BrO5. The fraction of sp³-hybridized carbons (Fsp3) is 0.467. The Morgan fingerprint density at radius 2 is 2.00 bits per heavy atom. The van der Waals surface area contributed by atoms with Gasteiger partial charge in [0, 0.05) is 6.42 Å². The van der Waals surface area contributed by atoms with E-state index in [0.717, 1.165) is 19.3 Å². The zero-order valence-electron chi connectivity index (χ0n) is 11.9. The smallest absolute Gasteiger partial charge is 0.339 e. The normalized spacial score (nSPS) is 10.2. The monoisotopic (exact) mass is 358 g/mol. The number of halogens is 1.